The average molecular weight is 193 g/mol. The van der Waals surface area contributed by atoms with E-state index in [-0.39, 0.29) is 11.6 Å². The highest BCUT2D eigenvalue weighted by molar-refractivity contribution is 5.92. The summed E-state index contributed by atoms with van der Waals surface area (Å²) in [6.45, 7) is 0. The summed E-state index contributed by atoms with van der Waals surface area (Å²) >= 11 is 0. The molecule has 0 bridgehead atoms. The van der Waals surface area contributed by atoms with Crippen LogP contribution >= 0.6 is 0 Å². The van der Waals surface area contributed by atoms with Gasteiger partial charge in [0.2, 0.25) is 0 Å². The minimum absolute atomic E-state index is 0.259. The number of hydrogen-bond donors (Lipinski definition) is 1. The largest absolute Gasteiger partial charge is 0.477 e. The highest BCUT2D eigenvalue weighted by atomic mass is 16.4. The molecule has 0 unspecified atom stereocenters. The summed E-state index contributed by atoms with van der Waals surface area (Å²) in [5, 5.41) is 9.00. The monoisotopic (exact) mass is 193 g/mol. The van der Waals surface area contributed by atoms with E-state index >= 15 is 0 Å². The maximum absolute atomic E-state index is 11.0. The van der Waals surface area contributed by atoms with Crippen molar-refractivity contribution in [3.8, 4) is 0 Å². The zero-order valence-electron chi connectivity index (χ0n) is 7.86. The molecule has 4 heteroatoms. The Bertz CT molecular complexity index is 402. The van der Waals surface area contributed by atoms with E-state index < -0.39 is 5.97 Å². The molecule has 1 aliphatic rings. The quantitative estimate of drug-likeness (QED) is 0.738. The van der Waals surface area contributed by atoms with Gasteiger partial charge in [-0.3, -0.25) is 4.79 Å². The number of aromatic nitrogens is 1. The molecule has 74 valence electrons. The van der Waals surface area contributed by atoms with E-state index in [1.807, 2.05) is 0 Å². The highest BCUT2D eigenvalue weighted by Gasteiger charge is 2.32. The Hall–Kier alpha value is -1.58. The minimum Gasteiger partial charge on any atom is -0.477 e. The SMILES string of the molecule is Cn1cc(C=O)c(C2CC2)c1C(=O)O. The van der Waals surface area contributed by atoms with Crippen LogP contribution in [0, 0.1) is 0 Å². The molecule has 1 aromatic rings. The summed E-state index contributed by atoms with van der Waals surface area (Å²) in [6.07, 6.45) is 4.31. The molecule has 1 fully saturated rings. The lowest BCUT2D eigenvalue weighted by molar-refractivity contribution is 0.0685. The first-order valence-corrected chi connectivity index (χ1v) is 4.52. The zero-order valence-corrected chi connectivity index (χ0v) is 7.86. The summed E-state index contributed by atoms with van der Waals surface area (Å²) in [5.74, 6) is -0.676. The molecule has 0 saturated heterocycles. The second-order valence-corrected chi connectivity index (χ2v) is 3.65. The van der Waals surface area contributed by atoms with Crippen LogP contribution in [0.4, 0.5) is 0 Å². The topological polar surface area (TPSA) is 59.3 Å². The Kier molecular flexibility index (Phi) is 1.91. The van der Waals surface area contributed by atoms with Crippen molar-refractivity contribution in [2.24, 2.45) is 7.05 Å². The van der Waals surface area contributed by atoms with E-state index in [1.165, 1.54) is 4.57 Å². The van der Waals surface area contributed by atoms with Crippen molar-refractivity contribution >= 4 is 12.3 Å². The summed E-state index contributed by atoms with van der Waals surface area (Å²) < 4.78 is 1.51. The summed E-state index contributed by atoms with van der Waals surface area (Å²) in [7, 11) is 1.66. The fourth-order valence-corrected chi connectivity index (χ4v) is 1.83. The molecule has 4 nitrogen and oxygen atoms in total. The van der Waals surface area contributed by atoms with Crippen LogP contribution < -0.4 is 0 Å². The Morgan fingerprint density at radius 2 is 2.29 bits per heavy atom. The fourth-order valence-electron chi connectivity index (χ4n) is 1.83. The van der Waals surface area contributed by atoms with Gasteiger partial charge in [-0.2, -0.15) is 0 Å². The normalized spacial score (nSPS) is 15.5. The first-order chi connectivity index (χ1) is 6.65. The number of aryl methyl sites for hydroxylation is 1. The Labute approximate surface area is 81.2 Å². The van der Waals surface area contributed by atoms with E-state index in [4.69, 9.17) is 5.11 Å². The van der Waals surface area contributed by atoms with E-state index in [0.29, 0.717) is 5.56 Å². The van der Waals surface area contributed by atoms with Crippen molar-refractivity contribution in [1.82, 2.24) is 4.57 Å². The van der Waals surface area contributed by atoms with Gasteiger partial charge in [0.15, 0.2) is 6.29 Å². The van der Waals surface area contributed by atoms with E-state index in [9.17, 15) is 9.59 Å². The molecular formula is C10H11NO3. The van der Waals surface area contributed by atoms with Crippen LogP contribution in [0.1, 0.15) is 45.2 Å². The molecule has 1 heterocycles. The van der Waals surface area contributed by atoms with Crippen LogP contribution in [0.15, 0.2) is 6.20 Å². The minimum atomic E-state index is -0.956. The van der Waals surface area contributed by atoms with Crippen molar-refractivity contribution in [1.29, 1.82) is 0 Å². The Balaban J connectivity index is 2.60. The van der Waals surface area contributed by atoms with Crippen LogP contribution in [0.25, 0.3) is 0 Å². The van der Waals surface area contributed by atoms with Gasteiger partial charge in [0.1, 0.15) is 5.69 Å². The second-order valence-electron chi connectivity index (χ2n) is 3.65. The van der Waals surface area contributed by atoms with Crippen molar-refractivity contribution < 1.29 is 14.7 Å². The number of aromatic carboxylic acids is 1. The maximum Gasteiger partial charge on any atom is 0.352 e. The third kappa shape index (κ3) is 1.23. The highest BCUT2D eigenvalue weighted by Crippen LogP contribution is 2.43. The molecule has 1 aliphatic carbocycles. The lowest BCUT2D eigenvalue weighted by Gasteiger charge is -2.00. The average Bonchev–Trinajstić information content (AvgIpc) is 2.89. The number of carboxylic acids is 1. The number of rotatable bonds is 3. The molecule has 14 heavy (non-hydrogen) atoms. The van der Waals surface area contributed by atoms with Gasteiger partial charge in [-0.15, -0.1) is 0 Å². The summed E-state index contributed by atoms with van der Waals surface area (Å²) in [5.41, 5.74) is 1.50. The molecule has 1 N–H and O–H groups in total. The molecule has 1 aromatic heterocycles. The van der Waals surface area contributed by atoms with Gasteiger partial charge in [0.25, 0.3) is 0 Å². The number of carbonyl (C=O) groups is 2. The molecule has 0 aliphatic heterocycles. The fraction of sp³-hybridized carbons (Fsp3) is 0.400. The third-order valence-electron chi connectivity index (χ3n) is 2.57. The van der Waals surface area contributed by atoms with E-state index in [2.05, 4.69) is 0 Å². The molecule has 0 amide bonds. The van der Waals surface area contributed by atoms with Gasteiger partial charge < -0.3 is 9.67 Å². The lowest BCUT2D eigenvalue weighted by atomic mass is 10.1. The van der Waals surface area contributed by atoms with Crippen LogP contribution in [-0.2, 0) is 7.05 Å². The smallest absolute Gasteiger partial charge is 0.352 e. The number of carboxylic acid groups (broad SMARTS) is 1. The molecule has 0 radical (unpaired) electrons. The first-order valence-electron chi connectivity index (χ1n) is 4.52. The number of carbonyl (C=O) groups excluding carboxylic acids is 1. The van der Waals surface area contributed by atoms with Crippen LogP contribution in [-0.4, -0.2) is 21.9 Å². The first kappa shape index (κ1) is 8.99. The van der Waals surface area contributed by atoms with Gasteiger partial charge in [0, 0.05) is 18.8 Å². The summed E-state index contributed by atoms with van der Waals surface area (Å²) in [4.78, 5) is 21.7. The number of nitrogens with zero attached hydrogens (tertiary/aromatic N) is 1. The third-order valence-corrected chi connectivity index (χ3v) is 2.57. The van der Waals surface area contributed by atoms with Crippen molar-refractivity contribution in [2.45, 2.75) is 18.8 Å². The predicted octanol–water partition coefficient (Wildman–Crippen LogP) is 1.41. The van der Waals surface area contributed by atoms with Crippen molar-refractivity contribution in [2.75, 3.05) is 0 Å². The number of aldehydes is 1. The molecule has 0 aromatic carbocycles. The van der Waals surface area contributed by atoms with Gasteiger partial charge in [-0.1, -0.05) is 0 Å². The van der Waals surface area contributed by atoms with Crippen LogP contribution in [0.2, 0.25) is 0 Å². The van der Waals surface area contributed by atoms with E-state index in [1.54, 1.807) is 13.2 Å². The van der Waals surface area contributed by atoms with Crippen molar-refractivity contribution in [3.63, 3.8) is 0 Å². The number of hydrogen-bond acceptors (Lipinski definition) is 2. The zero-order chi connectivity index (χ0) is 10.3. The van der Waals surface area contributed by atoms with Crippen LogP contribution in [0.5, 0.6) is 0 Å². The van der Waals surface area contributed by atoms with Gasteiger partial charge in [0.05, 0.1) is 0 Å². The second kappa shape index (κ2) is 2.97. The predicted molar refractivity (Wildman–Crippen MR) is 49.7 cm³/mol. The van der Waals surface area contributed by atoms with Gasteiger partial charge in [-0.25, -0.2) is 4.79 Å². The van der Waals surface area contributed by atoms with Gasteiger partial charge in [-0.05, 0) is 24.3 Å². The maximum atomic E-state index is 11.0. The van der Waals surface area contributed by atoms with Gasteiger partial charge >= 0.3 is 5.97 Å². The van der Waals surface area contributed by atoms with E-state index in [0.717, 1.165) is 24.7 Å². The molecular weight excluding hydrogens is 182 g/mol. The molecule has 2 rings (SSSR count). The Morgan fingerprint density at radius 3 is 2.71 bits per heavy atom. The lowest BCUT2D eigenvalue weighted by Crippen LogP contribution is -2.06. The molecule has 0 atom stereocenters. The molecule has 0 spiro atoms. The summed E-state index contributed by atoms with van der Waals surface area (Å²) in [6, 6.07) is 0. The van der Waals surface area contributed by atoms with Crippen molar-refractivity contribution in [3.05, 3.63) is 23.0 Å². The molecule has 1 saturated carbocycles. The Morgan fingerprint density at radius 1 is 1.64 bits per heavy atom. The standard InChI is InChI=1S/C10H11NO3/c1-11-4-7(5-12)8(6-2-3-6)9(11)10(13)14/h4-6H,2-3H2,1H3,(H,13,14). The van der Waals surface area contributed by atoms with Crippen LogP contribution in [0.3, 0.4) is 0 Å².